The van der Waals surface area contributed by atoms with Gasteiger partial charge < -0.3 is 37.2 Å². The Morgan fingerprint density at radius 1 is 1.13 bits per heavy atom. The first kappa shape index (κ1) is 25.7. The Morgan fingerprint density at radius 3 is 2.23 bits per heavy atom. The second-order valence-electron chi connectivity index (χ2n) is 7.02. The van der Waals surface area contributed by atoms with Crippen molar-refractivity contribution in [2.45, 2.75) is 62.9 Å². The van der Waals surface area contributed by atoms with Crippen molar-refractivity contribution in [3.8, 4) is 0 Å². The van der Waals surface area contributed by atoms with Crippen molar-refractivity contribution in [2.75, 3.05) is 12.3 Å². The molecule has 0 aromatic carbocycles. The van der Waals surface area contributed by atoms with Crippen LogP contribution in [0.3, 0.4) is 0 Å². The topological polar surface area (TPSA) is 200 Å². The summed E-state index contributed by atoms with van der Waals surface area (Å²) >= 11 is 3.99. The number of hydrogen-bond donors (Lipinski definition) is 8. The lowest BCUT2D eigenvalue weighted by Crippen LogP contribution is -2.60. The van der Waals surface area contributed by atoms with E-state index in [2.05, 4.69) is 33.9 Å². The highest BCUT2D eigenvalue weighted by Gasteiger charge is 2.33. The van der Waals surface area contributed by atoms with Gasteiger partial charge in [0.25, 0.3) is 0 Å². The molecule has 0 aromatic heterocycles. The number of rotatable bonds is 12. The normalized spacial score (nSPS) is 19.8. The first-order valence-electron chi connectivity index (χ1n) is 9.51. The molecule has 170 valence electrons. The van der Waals surface area contributed by atoms with Crippen molar-refractivity contribution in [1.82, 2.24) is 21.3 Å². The van der Waals surface area contributed by atoms with Crippen LogP contribution in [0.5, 0.6) is 0 Å². The van der Waals surface area contributed by atoms with Gasteiger partial charge in [-0.25, -0.2) is 4.79 Å². The standard InChI is InChI=1S/C17H29N5O7S/c1-8(23)13(22-14(25)9-3-2-6-19-9)16(27)21-11(7-30)15(26)20-10(17(28)29)4-5-12(18)24/h8-11,13,19,23,30H,2-7H2,1H3,(H2,18,24)(H,20,26)(H,21,27)(H,22,25)(H,28,29). The molecule has 12 nitrogen and oxygen atoms in total. The van der Waals surface area contributed by atoms with Crippen molar-refractivity contribution in [3.05, 3.63) is 0 Å². The summed E-state index contributed by atoms with van der Waals surface area (Å²) < 4.78 is 0. The first-order chi connectivity index (χ1) is 14.1. The van der Waals surface area contributed by atoms with Gasteiger partial charge in [-0.1, -0.05) is 0 Å². The smallest absolute Gasteiger partial charge is 0.326 e. The number of hydrogen-bond acceptors (Lipinski definition) is 8. The molecular formula is C17H29N5O7S. The number of carbonyl (C=O) groups excluding carboxylic acids is 4. The zero-order chi connectivity index (χ0) is 22.8. The SMILES string of the molecule is CC(O)C(NC(=O)C1CCCN1)C(=O)NC(CS)C(=O)NC(CCC(N)=O)C(=O)O. The number of aliphatic hydroxyl groups excluding tert-OH is 1. The van der Waals surface area contributed by atoms with Crippen LogP contribution in [0.2, 0.25) is 0 Å². The molecule has 1 aliphatic heterocycles. The van der Waals surface area contributed by atoms with Crippen molar-refractivity contribution in [3.63, 3.8) is 0 Å². The van der Waals surface area contributed by atoms with Crippen LogP contribution in [0.15, 0.2) is 0 Å². The number of nitrogens with two attached hydrogens (primary N) is 1. The monoisotopic (exact) mass is 447 g/mol. The van der Waals surface area contributed by atoms with Gasteiger partial charge in [-0.05, 0) is 32.7 Å². The van der Waals surface area contributed by atoms with Gasteiger partial charge in [0.1, 0.15) is 18.1 Å². The fourth-order valence-electron chi connectivity index (χ4n) is 2.84. The summed E-state index contributed by atoms with van der Waals surface area (Å²) in [5, 5.41) is 29.1. The number of carbonyl (C=O) groups is 5. The Kier molecular flexibility index (Phi) is 10.6. The van der Waals surface area contributed by atoms with Gasteiger partial charge in [-0.3, -0.25) is 19.2 Å². The molecule has 0 aliphatic carbocycles. The number of carboxylic acids is 1. The minimum Gasteiger partial charge on any atom is -0.480 e. The van der Waals surface area contributed by atoms with Gasteiger partial charge in [0.05, 0.1) is 12.1 Å². The summed E-state index contributed by atoms with van der Waals surface area (Å²) in [6.07, 6.45) is -0.304. The third kappa shape index (κ3) is 8.16. The third-order valence-corrected chi connectivity index (χ3v) is 4.91. The fraction of sp³-hybridized carbons (Fsp3) is 0.706. The summed E-state index contributed by atoms with van der Waals surface area (Å²) in [5.74, 6) is -4.38. The molecule has 0 bridgehead atoms. The predicted octanol–water partition coefficient (Wildman–Crippen LogP) is -3.15. The molecule has 1 rings (SSSR count). The Labute approximate surface area is 179 Å². The maximum absolute atomic E-state index is 12.5. The highest BCUT2D eigenvalue weighted by molar-refractivity contribution is 7.80. The molecule has 0 aromatic rings. The number of primary amides is 1. The number of carboxylic acid groups (broad SMARTS) is 1. The van der Waals surface area contributed by atoms with Crippen LogP contribution >= 0.6 is 12.6 Å². The summed E-state index contributed by atoms with van der Waals surface area (Å²) in [5.41, 5.74) is 4.99. The van der Waals surface area contributed by atoms with Crippen molar-refractivity contribution >= 4 is 42.2 Å². The highest BCUT2D eigenvalue weighted by Crippen LogP contribution is 2.06. The lowest BCUT2D eigenvalue weighted by atomic mass is 10.1. The van der Waals surface area contributed by atoms with E-state index in [9.17, 15) is 34.2 Å². The number of thiol groups is 1. The van der Waals surface area contributed by atoms with E-state index in [1.54, 1.807) is 0 Å². The van der Waals surface area contributed by atoms with Crippen LogP contribution in [-0.2, 0) is 24.0 Å². The van der Waals surface area contributed by atoms with Gasteiger partial charge in [0.2, 0.25) is 23.6 Å². The number of amides is 4. The van der Waals surface area contributed by atoms with Gasteiger partial charge in [-0.2, -0.15) is 12.6 Å². The average Bonchev–Trinajstić information content (AvgIpc) is 3.21. The maximum atomic E-state index is 12.5. The van der Waals surface area contributed by atoms with Crippen LogP contribution in [0.4, 0.5) is 0 Å². The molecule has 5 atom stereocenters. The number of nitrogens with one attached hydrogen (secondary N) is 4. The van der Waals surface area contributed by atoms with Gasteiger partial charge >= 0.3 is 5.97 Å². The van der Waals surface area contributed by atoms with Crippen LogP contribution in [0, 0.1) is 0 Å². The zero-order valence-corrected chi connectivity index (χ0v) is 17.5. The second-order valence-corrected chi connectivity index (χ2v) is 7.39. The first-order valence-corrected chi connectivity index (χ1v) is 10.1. The number of aliphatic carboxylic acids is 1. The Bertz CT molecular complexity index is 654. The Hall–Kier alpha value is -2.38. The molecule has 1 aliphatic rings. The summed E-state index contributed by atoms with van der Waals surface area (Å²) in [6.45, 7) is 1.98. The molecular weight excluding hydrogens is 418 g/mol. The molecule has 8 N–H and O–H groups in total. The third-order valence-electron chi connectivity index (χ3n) is 4.55. The summed E-state index contributed by atoms with van der Waals surface area (Å²) in [6, 6.07) is -4.41. The zero-order valence-electron chi connectivity index (χ0n) is 16.6. The molecule has 4 amide bonds. The van der Waals surface area contributed by atoms with Crippen molar-refractivity contribution in [2.24, 2.45) is 5.73 Å². The largest absolute Gasteiger partial charge is 0.480 e. The molecule has 0 saturated carbocycles. The molecule has 13 heteroatoms. The minimum atomic E-state index is -1.38. The Morgan fingerprint density at radius 2 is 1.77 bits per heavy atom. The van der Waals surface area contributed by atoms with Gasteiger partial charge in [0.15, 0.2) is 0 Å². The van der Waals surface area contributed by atoms with Crippen LogP contribution in [-0.4, -0.2) is 82.4 Å². The van der Waals surface area contributed by atoms with E-state index >= 15 is 0 Å². The van der Waals surface area contributed by atoms with E-state index < -0.39 is 59.9 Å². The average molecular weight is 448 g/mol. The minimum absolute atomic E-state index is 0.176. The van der Waals surface area contributed by atoms with Crippen molar-refractivity contribution < 1.29 is 34.2 Å². The molecule has 30 heavy (non-hydrogen) atoms. The highest BCUT2D eigenvalue weighted by atomic mass is 32.1. The lowest BCUT2D eigenvalue weighted by Gasteiger charge is -2.25. The second kappa shape index (κ2) is 12.3. The molecule has 1 heterocycles. The number of aliphatic hydroxyl groups is 1. The van der Waals surface area contributed by atoms with E-state index in [1.165, 1.54) is 6.92 Å². The van der Waals surface area contributed by atoms with Crippen molar-refractivity contribution in [1.29, 1.82) is 0 Å². The van der Waals surface area contributed by atoms with E-state index in [0.717, 1.165) is 6.42 Å². The quantitative estimate of drug-likeness (QED) is 0.143. The van der Waals surface area contributed by atoms with Gasteiger partial charge in [0, 0.05) is 12.2 Å². The Balaban J connectivity index is 2.74. The van der Waals surface area contributed by atoms with E-state index in [0.29, 0.717) is 13.0 Å². The van der Waals surface area contributed by atoms with Crippen LogP contribution in [0.1, 0.15) is 32.6 Å². The summed E-state index contributed by atoms with van der Waals surface area (Å²) in [7, 11) is 0. The molecule has 0 radical (unpaired) electrons. The van der Waals surface area contributed by atoms with E-state index in [1.807, 2.05) is 0 Å². The van der Waals surface area contributed by atoms with Gasteiger partial charge in [-0.15, -0.1) is 0 Å². The lowest BCUT2D eigenvalue weighted by molar-refractivity contribution is -0.142. The molecule has 1 saturated heterocycles. The van der Waals surface area contributed by atoms with Crippen LogP contribution < -0.4 is 27.0 Å². The fourth-order valence-corrected chi connectivity index (χ4v) is 3.10. The van der Waals surface area contributed by atoms with Crippen LogP contribution in [0.25, 0.3) is 0 Å². The molecule has 1 fully saturated rings. The summed E-state index contributed by atoms with van der Waals surface area (Å²) in [4.78, 5) is 59.3. The maximum Gasteiger partial charge on any atom is 0.326 e. The van der Waals surface area contributed by atoms with E-state index in [-0.39, 0.29) is 18.6 Å². The molecule has 5 unspecified atom stereocenters. The predicted molar refractivity (Wildman–Crippen MR) is 108 cm³/mol. The molecule has 0 spiro atoms. The van der Waals surface area contributed by atoms with E-state index in [4.69, 9.17) is 5.73 Å².